The first kappa shape index (κ1) is 12.9. The van der Waals surface area contributed by atoms with Gasteiger partial charge in [0, 0.05) is 6.54 Å². The number of hydrogen-bond acceptors (Lipinski definition) is 5. The molecule has 0 aliphatic heterocycles. The van der Waals surface area contributed by atoms with E-state index in [1.54, 1.807) is 6.07 Å². The lowest BCUT2D eigenvalue weighted by molar-refractivity contribution is -0.140. The van der Waals surface area contributed by atoms with Crippen LogP contribution in [-0.2, 0) is 19.6 Å². The summed E-state index contributed by atoms with van der Waals surface area (Å²) in [4.78, 5) is 10.6. The number of carbonyl (C=O) groups is 1. The van der Waals surface area contributed by atoms with E-state index in [-0.39, 0.29) is 13.0 Å². The van der Waals surface area contributed by atoms with Crippen LogP contribution in [0.2, 0.25) is 0 Å². The molecule has 0 saturated carbocycles. The Morgan fingerprint density at radius 3 is 2.64 bits per heavy atom. The van der Waals surface area contributed by atoms with Crippen molar-refractivity contribution in [3.8, 4) is 6.07 Å². The zero-order chi connectivity index (χ0) is 11.2. The van der Waals surface area contributed by atoms with Crippen molar-refractivity contribution < 1.29 is 17.9 Å². The van der Waals surface area contributed by atoms with E-state index in [0.29, 0.717) is 0 Å². The molecule has 14 heavy (non-hydrogen) atoms. The van der Waals surface area contributed by atoms with Gasteiger partial charge in [0.05, 0.1) is 19.6 Å². The molecule has 0 heterocycles. The van der Waals surface area contributed by atoms with Gasteiger partial charge in [-0.25, -0.2) is 13.1 Å². The molecule has 0 amide bonds. The third kappa shape index (κ3) is 4.20. The quantitative estimate of drug-likeness (QED) is 0.623. The van der Waals surface area contributed by atoms with Gasteiger partial charge in [-0.2, -0.15) is 5.26 Å². The van der Waals surface area contributed by atoms with Crippen LogP contribution in [0, 0.1) is 11.3 Å². The Morgan fingerprint density at radius 1 is 1.64 bits per heavy atom. The number of hydrogen-bond donors (Lipinski definition) is 1. The highest BCUT2D eigenvalue weighted by atomic mass is 32.2. The van der Waals surface area contributed by atoms with Crippen LogP contribution in [0.15, 0.2) is 0 Å². The highest BCUT2D eigenvalue weighted by Crippen LogP contribution is 1.95. The second-order valence-electron chi connectivity index (χ2n) is 2.54. The SMILES string of the molecule is COC(=O)CCNS(=O)(=O)C(C)C#N. The molecule has 0 aromatic rings. The first-order valence-electron chi connectivity index (χ1n) is 3.89. The van der Waals surface area contributed by atoms with E-state index in [0.717, 1.165) is 0 Å². The fourth-order valence-electron chi connectivity index (χ4n) is 0.592. The van der Waals surface area contributed by atoms with Crippen LogP contribution in [0.1, 0.15) is 13.3 Å². The molecule has 1 atom stereocenters. The molecule has 7 heteroatoms. The molecule has 1 N–H and O–H groups in total. The van der Waals surface area contributed by atoms with Crippen molar-refractivity contribution in [2.75, 3.05) is 13.7 Å². The predicted octanol–water partition coefficient (Wildman–Crippen LogP) is -0.619. The number of carbonyl (C=O) groups excluding carboxylic acids is 1. The van der Waals surface area contributed by atoms with Crippen molar-refractivity contribution in [2.24, 2.45) is 0 Å². The van der Waals surface area contributed by atoms with Gasteiger partial charge in [0.1, 0.15) is 0 Å². The minimum absolute atomic E-state index is 0.0477. The molecule has 0 aromatic carbocycles. The van der Waals surface area contributed by atoms with Gasteiger partial charge in [0.2, 0.25) is 10.0 Å². The molecular formula is C7H12N2O4S. The second-order valence-corrected chi connectivity index (χ2v) is 4.62. The summed E-state index contributed by atoms with van der Waals surface area (Å²) in [7, 11) is -2.42. The summed E-state index contributed by atoms with van der Waals surface area (Å²) in [5.41, 5.74) is 0. The molecule has 1 unspecified atom stereocenters. The summed E-state index contributed by atoms with van der Waals surface area (Å²) in [5.74, 6) is -0.502. The van der Waals surface area contributed by atoms with Crippen molar-refractivity contribution in [1.82, 2.24) is 4.72 Å². The molecule has 0 aromatic heterocycles. The molecule has 0 spiro atoms. The molecule has 0 bridgehead atoms. The first-order chi connectivity index (χ1) is 6.44. The summed E-state index contributed by atoms with van der Waals surface area (Å²) < 4.78 is 28.7. The smallest absolute Gasteiger partial charge is 0.306 e. The lowest BCUT2D eigenvalue weighted by Gasteiger charge is -2.06. The third-order valence-corrected chi connectivity index (χ3v) is 3.15. The van der Waals surface area contributed by atoms with Gasteiger partial charge in [-0.3, -0.25) is 4.79 Å². The number of nitrogens with one attached hydrogen (secondary N) is 1. The minimum atomic E-state index is -3.63. The molecule has 0 aliphatic carbocycles. The average molecular weight is 220 g/mol. The maximum Gasteiger partial charge on any atom is 0.306 e. The topological polar surface area (TPSA) is 96.3 Å². The van der Waals surface area contributed by atoms with Crippen LogP contribution in [0.3, 0.4) is 0 Å². The van der Waals surface area contributed by atoms with E-state index >= 15 is 0 Å². The molecular weight excluding hydrogens is 208 g/mol. The Bertz CT molecular complexity index is 330. The van der Waals surface area contributed by atoms with Crippen LogP contribution in [0.5, 0.6) is 0 Å². The Balaban J connectivity index is 4.03. The molecule has 80 valence electrons. The average Bonchev–Trinajstić information content (AvgIpc) is 2.15. The zero-order valence-corrected chi connectivity index (χ0v) is 8.80. The van der Waals surface area contributed by atoms with Crippen LogP contribution < -0.4 is 4.72 Å². The van der Waals surface area contributed by atoms with Gasteiger partial charge in [-0.15, -0.1) is 0 Å². The van der Waals surface area contributed by atoms with E-state index in [1.807, 2.05) is 0 Å². The van der Waals surface area contributed by atoms with E-state index in [4.69, 9.17) is 5.26 Å². The Morgan fingerprint density at radius 2 is 2.21 bits per heavy atom. The van der Waals surface area contributed by atoms with E-state index in [9.17, 15) is 13.2 Å². The standard InChI is InChI=1S/C7H12N2O4S/c1-6(5-8)14(11,12)9-4-3-7(10)13-2/h6,9H,3-4H2,1-2H3. The Hall–Kier alpha value is -1.13. The maximum atomic E-state index is 11.1. The highest BCUT2D eigenvalue weighted by Gasteiger charge is 2.19. The van der Waals surface area contributed by atoms with Gasteiger partial charge in [-0.1, -0.05) is 0 Å². The summed E-state index contributed by atoms with van der Waals surface area (Å²) in [6, 6.07) is 1.59. The predicted molar refractivity (Wildman–Crippen MR) is 48.6 cm³/mol. The number of rotatable bonds is 5. The highest BCUT2D eigenvalue weighted by molar-refractivity contribution is 7.90. The lowest BCUT2D eigenvalue weighted by Crippen LogP contribution is -2.33. The molecule has 0 saturated heterocycles. The van der Waals surface area contributed by atoms with Gasteiger partial charge in [0.25, 0.3) is 0 Å². The summed E-state index contributed by atoms with van der Waals surface area (Å²) in [6.45, 7) is 1.21. The van der Waals surface area contributed by atoms with Crippen LogP contribution >= 0.6 is 0 Å². The number of sulfonamides is 1. The minimum Gasteiger partial charge on any atom is -0.469 e. The molecule has 0 aliphatic rings. The monoisotopic (exact) mass is 220 g/mol. The summed E-state index contributed by atoms with van der Waals surface area (Å²) in [6.07, 6.45) is -0.0477. The largest absolute Gasteiger partial charge is 0.469 e. The van der Waals surface area contributed by atoms with Crippen LogP contribution in [0.4, 0.5) is 0 Å². The van der Waals surface area contributed by atoms with E-state index in [2.05, 4.69) is 9.46 Å². The number of nitrogens with zero attached hydrogens (tertiary/aromatic N) is 1. The summed E-state index contributed by atoms with van der Waals surface area (Å²) >= 11 is 0. The van der Waals surface area contributed by atoms with E-state index < -0.39 is 21.2 Å². The molecule has 6 nitrogen and oxygen atoms in total. The fourth-order valence-corrected chi connectivity index (χ4v) is 1.37. The first-order valence-corrected chi connectivity index (χ1v) is 5.43. The fraction of sp³-hybridized carbons (Fsp3) is 0.714. The van der Waals surface area contributed by atoms with Crippen molar-refractivity contribution >= 4 is 16.0 Å². The molecule has 0 fully saturated rings. The molecule has 0 rings (SSSR count). The van der Waals surface area contributed by atoms with Crippen molar-refractivity contribution in [2.45, 2.75) is 18.6 Å². The maximum absolute atomic E-state index is 11.1. The van der Waals surface area contributed by atoms with Crippen molar-refractivity contribution in [3.63, 3.8) is 0 Å². The third-order valence-electron chi connectivity index (χ3n) is 1.51. The van der Waals surface area contributed by atoms with Gasteiger partial charge in [0.15, 0.2) is 5.25 Å². The lowest BCUT2D eigenvalue weighted by atomic mass is 10.4. The second kappa shape index (κ2) is 5.57. The molecule has 0 radical (unpaired) electrons. The van der Waals surface area contributed by atoms with Gasteiger partial charge >= 0.3 is 5.97 Å². The van der Waals surface area contributed by atoms with Crippen LogP contribution in [0.25, 0.3) is 0 Å². The normalized spacial score (nSPS) is 12.9. The number of ether oxygens (including phenoxy) is 1. The van der Waals surface area contributed by atoms with Gasteiger partial charge in [-0.05, 0) is 6.92 Å². The van der Waals surface area contributed by atoms with E-state index in [1.165, 1.54) is 14.0 Å². The Labute approximate surface area is 82.9 Å². The number of esters is 1. The number of nitriles is 1. The number of methoxy groups -OCH3 is 1. The van der Waals surface area contributed by atoms with Crippen LogP contribution in [-0.4, -0.2) is 33.3 Å². The van der Waals surface area contributed by atoms with Crippen molar-refractivity contribution in [3.05, 3.63) is 0 Å². The Kier molecular flexibility index (Phi) is 5.12. The summed E-state index contributed by atoms with van der Waals surface area (Å²) in [5, 5.41) is 7.24. The zero-order valence-electron chi connectivity index (χ0n) is 7.98. The van der Waals surface area contributed by atoms with Crippen molar-refractivity contribution in [1.29, 1.82) is 5.26 Å². The van der Waals surface area contributed by atoms with Gasteiger partial charge < -0.3 is 4.74 Å².